The molecule has 5 nitrogen and oxygen atoms in total. The first-order valence-corrected chi connectivity index (χ1v) is 11.2. The lowest BCUT2D eigenvalue weighted by Crippen LogP contribution is -2.35. The predicted molar refractivity (Wildman–Crippen MR) is 121 cm³/mol. The summed E-state index contributed by atoms with van der Waals surface area (Å²) >= 11 is 1.55. The maximum atomic E-state index is 12.8. The van der Waals surface area contributed by atoms with E-state index in [0.717, 1.165) is 45.3 Å². The largest absolute Gasteiger partial charge is 0.416 e. The molecule has 0 bridgehead atoms. The van der Waals surface area contributed by atoms with E-state index >= 15 is 0 Å². The molecule has 0 unspecified atom stereocenters. The van der Waals surface area contributed by atoms with Crippen molar-refractivity contribution in [3.63, 3.8) is 0 Å². The highest BCUT2D eigenvalue weighted by molar-refractivity contribution is 7.15. The second-order valence-corrected chi connectivity index (χ2v) is 9.05. The van der Waals surface area contributed by atoms with Gasteiger partial charge in [0.2, 0.25) is 0 Å². The molecule has 5 rings (SSSR count). The van der Waals surface area contributed by atoms with Crippen molar-refractivity contribution in [1.29, 1.82) is 0 Å². The molecule has 168 valence electrons. The Morgan fingerprint density at radius 3 is 2.48 bits per heavy atom. The Hall–Kier alpha value is -3.30. The van der Waals surface area contributed by atoms with Crippen LogP contribution in [0.15, 0.2) is 65.7 Å². The number of hydrogen-bond acceptors (Lipinski definition) is 5. The number of fused-ring (bicyclic) bond motifs is 1. The zero-order valence-electron chi connectivity index (χ0n) is 17.4. The molecular weight excluding hydrogens is 449 g/mol. The summed E-state index contributed by atoms with van der Waals surface area (Å²) < 4.78 is 38.4. The van der Waals surface area contributed by atoms with Gasteiger partial charge in [-0.05, 0) is 42.0 Å². The zero-order valence-corrected chi connectivity index (χ0v) is 18.2. The van der Waals surface area contributed by atoms with Crippen LogP contribution in [-0.4, -0.2) is 26.4 Å². The van der Waals surface area contributed by atoms with Crippen LogP contribution in [0.3, 0.4) is 0 Å². The number of hydrogen-bond donors (Lipinski definition) is 1. The van der Waals surface area contributed by atoms with Gasteiger partial charge in [-0.25, -0.2) is 4.98 Å². The Balaban J connectivity index is 1.30. The molecule has 1 aliphatic heterocycles. The molecule has 0 amide bonds. The number of nitrogens with one attached hydrogen (secondary N) is 1. The molecule has 1 N–H and O–H groups in total. The van der Waals surface area contributed by atoms with Crippen molar-refractivity contribution in [2.75, 3.05) is 6.54 Å². The van der Waals surface area contributed by atoms with Crippen LogP contribution in [0.2, 0.25) is 0 Å². The van der Waals surface area contributed by atoms with Gasteiger partial charge in [-0.1, -0.05) is 12.1 Å². The summed E-state index contributed by atoms with van der Waals surface area (Å²) in [7, 11) is 0. The van der Waals surface area contributed by atoms with Gasteiger partial charge in [0.15, 0.2) is 0 Å². The Morgan fingerprint density at radius 1 is 1.00 bits per heavy atom. The second kappa shape index (κ2) is 8.57. The molecule has 0 atom stereocenters. The third kappa shape index (κ3) is 4.60. The number of benzene rings is 1. The van der Waals surface area contributed by atoms with Crippen molar-refractivity contribution in [2.24, 2.45) is 0 Å². The van der Waals surface area contributed by atoms with Gasteiger partial charge in [-0.3, -0.25) is 14.7 Å². The van der Waals surface area contributed by atoms with Crippen molar-refractivity contribution < 1.29 is 13.2 Å². The Kier molecular flexibility index (Phi) is 5.59. The van der Waals surface area contributed by atoms with Gasteiger partial charge < -0.3 is 4.98 Å². The molecule has 4 aromatic rings. The molecule has 0 saturated carbocycles. The molecule has 4 heterocycles. The van der Waals surface area contributed by atoms with Gasteiger partial charge >= 0.3 is 6.18 Å². The Bertz CT molecular complexity index is 1330. The summed E-state index contributed by atoms with van der Waals surface area (Å²) in [6.07, 6.45) is -0.336. The van der Waals surface area contributed by atoms with E-state index in [2.05, 4.69) is 19.9 Å². The first-order valence-electron chi connectivity index (χ1n) is 10.4. The summed E-state index contributed by atoms with van der Waals surface area (Å²) in [6, 6.07) is 12.8. The number of aromatic nitrogens is 3. The maximum Gasteiger partial charge on any atom is 0.416 e. The first-order chi connectivity index (χ1) is 15.9. The van der Waals surface area contributed by atoms with Crippen molar-refractivity contribution in [3.8, 4) is 21.8 Å². The highest BCUT2D eigenvalue weighted by Gasteiger charge is 2.30. The van der Waals surface area contributed by atoms with E-state index in [1.807, 2.05) is 24.3 Å². The normalized spacial score (nSPS) is 14.3. The van der Waals surface area contributed by atoms with Crippen LogP contribution in [0.25, 0.3) is 21.8 Å². The average molecular weight is 469 g/mol. The Morgan fingerprint density at radius 2 is 1.76 bits per heavy atom. The number of thiophene rings is 1. The number of halogens is 3. The monoisotopic (exact) mass is 468 g/mol. The Labute approximate surface area is 191 Å². The topological polar surface area (TPSA) is 61.9 Å². The van der Waals surface area contributed by atoms with Crippen LogP contribution in [0.4, 0.5) is 13.2 Å². The molecule has 0 saturated heterocycles. The molecule has 3 aromatic heterocycles. The van der Waals surface area contributed by atoms with Crippen molar-refractivity contribution >= 4 is 11.3 Å². The van der Waals surface area contributed by atoms with Crippen molar-refractivity contribution in [3.05, 3.63) is 93.0 Å². The highest BCUT2D eigenvalue weighted by atomic mass is 32.1. The maximum absolute atomic E-state index is 12.8. The van der Waals surface area contributed by atoms with Gasteiger partial charge in [0, 0.05) is 53.8 Å². The fourth-order valence-electron chi connectivity index (χ4n) is 3.92. The third-order valence-corrected chi connectivity index (χ3v) is 6.76. The van der Waals surface area contributed by atoms with Gasteiger partial charge in [-0.2, -0.15) is 13.2 Å². The van der Waals surface area contributed by atoms with Crippen LogP contribution in [-0.2, 0) is 25.7 Å². The molecular formula is C24H19F3N4OS. The van der Waals surface area contributed by atoms with E-state index < -0.39 is 11.7 Å². The average Bonchev–Trinajstić information content (AvgIpc) is 3.28. The summed E-state index contributed by atoms with van der Waals surface area (Å²) in [5, 5.41) is 0. The van der Waals surface area contributed by atoms with Gasteiger partial charge in [-0.15, -0.1) is 11.3 Å². The lowest BCUT2D eigenvalue weighted by Gasteiger charge is -2.27. The number of H-pyrrole nitrogens is 1. The minimum absolute atomic E-state index is 0.131. The lowest BCUT2D eigenvalue weighted by atomic mass is 10.1. The standard InChI is InChI=1S/C24H19F3N4OS/c25-24(26,27)17-3-1-15(2-4-17)21-6-5-18(33-21)13-31-12-9-20-19(14-31)23(32)30-22(29-20)16-7-10-28-11-8-16/h1-8,10-11H,9,12-14H2,(H,29,30,32). The van der Waals surface area contributed by atoms with Crippen LogP contribution < -0.4 is 5.56 Å². The molecule has 0 radical (unpaired) electrons. The van der Waals surface area contributed by atoms with Crippen LogP contribution in [0.1, 0.15) is 21.7 Å². The van der Waals surface area contributed by atoms with E-state index in [0.29, 0.717) is 30.9 Å². The third-order valence-electron chi connectivity index (χ3n) is 5.64. The van der Waals surface area contributed by atoms with Gasteiger partial charge in [0.1, 0.15) is 5.82 Å². The molecule has 9 heteroatoms. The molecule has 0 fully saturated rings. The minimum atomic E-state index is -4.34. The number of alkyl halides is 3. The first kappa shape index (κ1) is 21.5. The molecule has 1 aromatic carbocycles. The van der Waals surface area contributed by atoms with E-state index in [4.69, 9.17) is 0 Å². The van der Waals surface area contributed by atoms with Crippen LogP contribution in [0.5, 0.6) is 0 Å². The summed E-state index contributed by atoms with van der Waals surface area (Å²) in [6.45, 7) is 1.94. The van der Waals surface area contributed by atoms with E-state index in [1.165, 1.54) is 12.1 Å². The smallest absolute Gasteiger partial charge is 0.306 e. The fourth-order valence-corrected chi connectivity index (χ4v) is 4.98. The van der Waals surface area contributed by atoms with E-state index in [-0.39, 0.29) is 5.56 Å². The molecule has 0 aliphatic carbocycles. The lowest BCUT2D eigenvalue weighted by molar-refractivity contribution is -0.137. The number of nitrogens with zero attached hydrogens (tertiary/aromatic N) is 3. The number of pyridine rings is 1. The molecule has 1 aliphatic rings. The number of aromatic amines is 1. The summed E-state index contributed by atoms with van der Waals surface area (Å²) in [4.78, 5) is 28.5. The second-order valence-electron chi connectivity index (χ2n) is 7.88. The SMILES string of the molecule is O=c1[nH]c(-c2ccncc2)nc2c1CN(Cc1ccc(-c3ccc(C(F)(F)F)cc3)s1)CC2. The summed E-state index contributed by atoms with van der Waals surface area (Å²) in [5.41, 5.74) is 2.29. The molecule has 33 heavy (non-hydrogen) atoms. The zero-order chi connectivity index (χ0) is 23.0. The molecule has 0 spiro atoms. The predicted octanol–water partition coefficient (Wildman–Crippen LogP) is 5.14. The minimum Gasteiger partial charge on any atom is -0.306 e. The van der Waals surface area contributed by atoms with Crippen LogP contribution in [0, 0.1) is 0 Å². The van der Waals surface area contributed by atoms with Gasteiger partial charge in [0.05, 0.1) is 16.8 Å². The quantitative estimate of drug-likeness (QED) is 0.451. The van der Waals surface area contributed by atoms with Crippen LogP contribution >= 0.6 is 11.3 Å². The fraction of sp³-hybridized carbons (Fsp3) is 0.208. The van der Waals surface area contributed by atoms with Crippen molar-refractivity contribution in [2.45, 2.75) is 25.7 Å². The van der Waals surface area contributed by atoms with Crippen molar-refractivity contribution in [1.82, 2.24) is 19.9 Å². The highest BCUT2D eigenvalue weighted by Crippen LogP contribution is 2.33. The van der Waals surface area contributed by atoms with Gasteiger partial charge in [0.25, 0.3) is 5.56 Å². The number of rotatable bonds is 4. The van der Waals surface area contributed by atoms with E-state index in [1.54, 1.807) is 23.7 Å². The summed E-state index contributed by atoms with van der Waals surface area (Å²) in [5.74, 6) is 0.550. The van der Waals surface area contributed by atoms with E-state index in [9.17, 15) is 18.0 Å².